The smallest absolute Gasteiger partial charge is 0.355 e. The van der Waals surface area contributed by atoms with E-state index in [2.05, 4.69) is 10.6 Å². The summed E-state index contributed by atoms with van der Waals surface area (Å²) < 4.78 is 6.58. The zero-order valence-electron chi connectivity index (χ0n) is 16.3. The van der Waals surface area contributed by atoms with Crippen LogP contribution in [0.2, 0.25) is 0 Å². The number of carboxylic acids is 1. The number of ether oxygens (including phenoxy) is 1. The summed E-state index contributed by atoms with van der Waals surface area (Å²) in [6, 6.07) is 1.46. The normalized spacial score (nSPS) is 21.1. The van der Waals surface area contributed by atoms with Gasteiger partial charge in [0.25, 0.3) is 0 Å². The molecule has 0 bridgehead atoms. The first-order valence-corrected chi connectivity index (χ1v) is 9.72. The number of carboxylic acid groups (broad SMARTS) is 1. The van der Waals surface area contributed by atoms with E-state index in [1.165, 1.54) is 12.8 Å². The quantitative estimate of drug-likeness (QED) is 0.551. The fourth-order valence-electron chi connectivity index (χ4n) is 3.55. The molecule has 9 heteroatoms. The summed E-state index contributed by atoms with van der Waals surface area (Å²) in [6.45, 7) is 2.91. The van der Waals surface area contributed by atoms with Crippen LogP contribution in [0.15, 0.2) is 12.3 Å². The number of aromatic nitrogens is 1. The van der Waals surface area contributed by atoms with Crippen molar-refractivity contribution in [2.45, 2.75) is 44.7 Å². The molecule has 0 spiro atoms. The Kier molecular flexibility index (Phi) is 6.23. The highest BCUT2D eigenvalue weighted by atomic mass is 16.5. The first-order chi connectivity index (χ1) is 13.4. The molecule has 2 saturated carbocycles. The molecule has 2 fully saturated rings. The Hall–Kier alpha value is -2.55. The minimum atomic E-state index is -0.809. The molecule has 0 atom stereocenters. The molecule has 154 valence electrons. The van der Waals surface area contributed by atoms with Crippen molar-refractivity contribution in [2.75, 3.05) is 25.0 Å². The Morgan fingerprint density at radius 2 is 2.04 bits per heavy atom. The fraction of sp³-hybridized carbons (Fsp3) is 0.632. The number of nitrogens with zero attached hydrogens (tertiary/aromatic N) is 2. The van der Waals surface area contributed by atoms with Gasteiger partial charge in [-0.2, -0.15) is 0 Å². The molecule has 3 rings (SSSR count). The summed E-state index contributed by atoms with van der Waals surface area (Å²) in [5.41, 5.74) is 0.880. The van der Waals surface area contributed by atoms with Crippen molar-refractivity contribution in [3.63, 3.8) is 0 Å². The topological polar surface area (TPSA) is 113 Å². The molecule has 9 nitrogen and oxygen atoms in total. The SMILES string of the molecule is CCOC(=O)c1cc(NC(=O)NC2CC(N(CC(=O)O)CC3CC3)C2)cn1C. The van der Waals surface area contributed by atoms with E-state index in [9.17, 15) is 14.4 Å². The predicted molar refractivity (Wildman–Crippen MR) is 102 cm³/mol. The molecule has 0 aliphatic heterocycles. The van der Waals surface area contributed by atoms with Gasteiger partial charge in [0.05, 0.1) is 18.8 Å². The maximum atomic E-state index is 12.2. The first-order valence-electron chi connectivity index (χ1n) is 9.72. The van der Waals surface area contributed by atoms with Crippen LogP contribution in [0.3, 0.4) is 0 Å². The molecule has 2 amide bonds. The Labute approximate surface area is 164 Å². The lowest BCUT2D eigenvalue weighted by Gasteiger charge is -2.42. The molecule has 0 aromatic carbocycles. The van der Waals surface area contributed by atoms with Gasteiger partial charge in [-0.3, -0.25) is 9.69 Å². The van der Waals surface area contributed by atoms with Gasteiger partial charge in [0.1, 0.15) is 5.69 Å². The van der Waals surface area contributed by atoms with Crippen LogP contribution in [0, 0.1) is 5.92 Å². The minimum absolute atomic E-state index is 0.0220. The zero-order chi connectivity index (χ0) is 20.3. The summed E-state index contributed by atoms with van der Waals surface area (Å²) >= 11 is 0. The van der Waals surface area contributed by atoms with E-state index in [1.807, 2.05) is 4.90 Å². The molecular formula is C19H28N4O5. The van der Waals surface area contributed by atoms with Crippen molar-refractivity contribution >= 4 is 23.7 Å². The van der Waals surface area contributed by atoms with Crippen LogP contribution in [0.1, 0.15) is 43.1 Å². The lowest BCUT2D eigenvalue weighted by Crippen LogP contribution is -2.55. The second-order valence-corrected chi connectivity index (χ2v) is 7.63. The number of carbonyl (C=O) groups excluding carboxylic acids is 2. The summed E-state index contributed by atoms with van der Waals surface area (Å²) in [5, 5.41) is 14.7. The Balaban J connectivity index is 1.45. The Morgan fingerprint density at radius 3 is 2.64 bits per heavy atom. The summed E-state index contributed by atoms with van der Waals surface area (Å²) in [4.78, 5) is 37.2. The summed E-state index contributed by atoms with van der Waals surface area (Å²) in [5.74, 6) is -0.618. The van der Waals surface area contributed by atoms with E-state index in [4.69, 9.17) is 9.84 Å². The number of anilines is 1. The van der Waals surface area contributed by atoms with Crippen LogP contribution in [0.4, 0.5) is 10.5 Å². The highest BCUT2D eigenvalue weighted by molar-refractivity contribution is 5.93. The van der Waals surface area contributed by atoms with E-state index < -0.39 is 11.9 Å². The molecule has 3 N–H and O–H groups in total. The number of rotatable bonds is 9. The van der Waals surface area contributed by atoms with Crippen molar-refractivity contribution < 1.29 is 24.2 Å². The third-order valence-electron chi connectivity index (χ3n) is 5.24. The van der Waals surface area contributed by atoms with Gasteiger partial charge in [0, 0.05) is 31.9 Å². The maximum absolute atomic E-state index is 12.2. The van der Waals surface area contributed by atoms with Crippen molar-refractivity contribution in [3.05, 3.63) is 18.0 Å². The molecule has 0 unspecified atom stereocenters. The number of hydrogen-bond acceptors (Lipinski definition) is 5. The van der Waals surface area contributed by atoms with E-state index in [0.29, 0.717) is 17.3 Å². The average Bonchev–Trinajstić information content (AvgIpc) is 3.31. The van der Waals surface area contributed by atoms with Gasteiger partial charge >= 0.3 is 18.0 Å². The lowest BCUT2D eigenvalue weighted by molar-refractivity contribution is -0.139. The van der Waals surface area contributed by atoms with Gasteiger partial charge in [-0.1, -0.05) is 0 Å². The summed E-state index contributed by atoms with van der Waals surface area (Å²) in [6.07, 6.45) is 5.50. The van der Waals surface area contributed by atoms with Crippen LogP contribution in [-0.4, -0.2) is 64.3 Å². The number of esters is 1. The van der Waals surface area contributed by atoms with Crippen LogP contribution >= 0.6 is 0 Å². The van der Waals surface area contributed by atoms with Gasteiger partial charge in [-0.15, -0.1) is 0 Å². The van der Waals surface area contributed by atoms with E-state index in [1.54, 1.807) is 30.8 Å². The van der Waals surface area contributed by atoms with Gasteiger partial charge in [-0.25, -0.2) is 9.59 Å². The largest absolute Gasteiger partial charge is 0.480 e. The van der Waals surface area contributed by atoms with E-state index in [-0.39, 0.29) is 31.3 Å². The molecular weight excluding hydrogens is 364 g/mol. The second-order valence-electron chi connectivity index (χ2n) is 7.63. The number of nitrogens with one attached hydrogen (secondary N) is 2. The van der Waals surface area contributed by atoms with E-state index >= 15 is 0 Å². The molecule has 2 aliphatic carbocycles. The Bertz CT molecular complexity index is 737. The highest BCUT2D eigenvalue weighted by Crippen LogP contribution is 2.33. The number of urea groups is 1. The number of hydrogen-bond donors (Lipinski definition) is 3. The Morgan fingerprint density at radius 1 is 1.32 bits per heavy atom. The van der Waals surface area contributed by atoms with Crippen LogP contribution in [0.5, 0.6) is 0 Å². The minimum Gasteiger partial charge on any atom is -0.480 e. The maximum Gasteiger partial charge on any atom is 0.355 e. The van der Waals surface area contributed by atoms with E-state index in [0.717, 1.165) is 19.4 Å². The van der Waals surface area contributed by atoms with Crippen LogP contribution in [-0.2, 0) is 16.6 Å². The lowest BCUT2D eigenvalue weighted by atomic mass is 9.85. The first kappa shape index (κ1) is 20.2. The molecule has 1 heterocycles. The number of amides is 2. The highest BCUT2D eigenvalue weighted by Gasteiger charge is 2.37. The number of aryl methyl sites for hydroxylation is 1. The third kappa shape index (κ3) is 5.25. The molecule has 0 saturated heterocycles. The van der Waals surface area contributed by atoms with Gasteiger partial charge in [0.2, 0.25) is 0 Å². The zero-order valence-corrected chi connectivity index (χ0v) is 16.3. The van der Waals surface area contributed by atoms with Crippen molar-refractivity contribution in [2.24, 2.45) is 13.0 Å². The number of aliphatic carboxylic acids is 1. The summed E-state index contributed by atoms with van der Waals surface area (Å²) in [7, 11) is 1.71. The van der Waals surface area contributed by atoms with Crippen molar-refractivity contribution in [1.29, 1.82) is 0 Å². The molecule has 2 aliphatic rings. The van der Waals surface area contributed by atoms with Gasteiger partial charge in [0.15, 0.2) is 0 Å². The molecule has 1 aromatic rings. The van der Waals surface area contributed by atoms with Gasteiger partial charge < -0.3 is 25.0 Å². The van der Waals surface area contributed by atoms with Crippen molar-refractivity contribution in [1.82, 2.24) is 14.8 Å². The van der Waals surface area contributed by atoms with Crippen LogP contribution < -0.4 is 10.6 Å². The molecule has 28 heavy (non-hydrogen) atoms. The van der Waals surface area contributed by atoms with Crippen molar-refractivity contribution in [3.8, 4) is 0 Å². The van der Waals surface area contributed by atoms with Gasteiger partial charge in [-0.05, 0) is 44.6 Å². The average molecular weight is 392 g/mol. The second kappa shape index (κ2) is 8.64. The standard InChI is InChI=1S/C19H28N4O5/c1-3-28-18(26)16-8-14(10-22(16)2)21-19(27)20-13-6-15(7-13)23(11-17(24)25)9-12-4-5-12/h8,10,12-13,15H,3-7,9,11H2,1-2H3,(H,24,25)(H2,20,21,27). The van der Waals surface area contributed by atoms with Crippen LogP contribution in [0.25, 0.3) is 0 Å². The predicted octanol–water partition coefficient (Wildman–Crippen LogP) is 1.65. The monoisotopic (exact) mass is 392 g/mol. The fourth-order valence-corrected chi connectivity index (χ4v) is 3.55. The third-order valence-corrected chi connectivity index (χ3v) is 5.24. The molecule has 1 aromatic heterocycles. The number of carbonyl (C=O) groups is 3. The molecule has 0 radical (unpaired) electrons.